The topological polar surface area (TPSA) is 58.9 Å². The van der Waals surface area contributed by atoms with Gasteiger partial charge in [-0.05, 0) is 19.4 Å². The Morgan fingerprint density at radius 2 is 2.14 bits per heavy atom. The van der Waals surface area contributed by atoms with Crippen LogP contribution in [0.1, 0.15) is 13.8 Å². The molecule has 0 aromatic rings. The van der Waals surface area contributed by atoms with Crippen LogP contribution in [0.5, 0.6) is 0 Å². The minimum atomic E-state index is -0.652. The van der Waals surface area contributed by atoms with Crippen LogP contribution in [0.15, 0.2) is 33.8 Å². The standard InChI is InChI=1S/C10H10N2O2/c1-8-5-10(2,12-7-14)4-3-9(8)11-6-13/h3-5,9H,1-2H3. The lowest BCUT2D eigenvalue weighted by Crippen LogP contribution is -2.22. The molecule has 2 atom stereocenters. The van der Waals surface area contributed by atoms with Crippen LogP contribution in [0, 0.1) is 0 Å². The lowest BCUT2D eigenvalue weighted by atomic mass is 9.90. The summed E-state index contributed by atoms with van der Waals surface area (Å²) in [6.45, 7) is 3.60. The van der Waals surface area contributed by atoms with Crippen LogP contribution in [0.4, 0.5) is 0 Å². The van der Waals surface area contributed by atoms with E-state index >= 15 is 0 Å². The van der Waals surface area contributed by atoms with E-state index in [-0.39, 0.29) is 6.04 Å². The molecule has 0 saturated heterocycles. The maximum absolute atomic E-state index is 10.2. The summed E-state index contributed by atoms with van der Waals surface area (Å²) in [5.41, 5.74) is 0.221. The lowest BCUT2D eigenvalue weighted by Gasteiger charge is -2.22. The van der Waals surface area contributed by atoms with Gasteiger partial charge in [-0.2, -0.15) is 9.98 Å². The molecule has 2 unspecified atom stereocenters. The van der Waals surface area contributed by atoms with Crippen molar-refractivity contribution in [1.82, 2.24) is 0 Å². The van der Waals surface area contributed by atoms with Crippen molar-refractivity contribution in [2.24, 2.45) is 9.98 Å². The van der Waals surface area contributed by atoms with Crippen molar-refractivity contribution in [3.63, 3.8) is 0 Å². The molecule has 4 nitrogen and oxygen atoms in total. The van der Waals surface area contributed by atoms with Crippen LogP contribution >= 0.6 is 0 Å². The number of hydrogen-bond donors (Lipinski definition) is 0. The van der Waals surface area contributed by atoms with Gasteiger partial charge in [0.2, 0.25) is 12.2 Å². The molecule has 0 aliphatic heterocycles. The minimum absolute atomic E-state index is 0.276. The lowest BCUT2D eigenvalue weighted by molar-refractivity contribution is 0.554. The Morgan fingerprint density at radius 3 is 2.64 bits per heavy atom. The van der Waals surface area contributed by atoms with Crippen molar-refractivity contribution in [3.05, 3.63) is 23.8 Å². The monoisotopic (exact) mass is 190 g/mol. The molecule has 1 rings (SSSR count). The third-order valence-electron chi connectivity index (χ3n) is 2.08. The molecule has 0 fully saturated rings. The van der Waals surface area contributed by atoms with E-state index < -0.39 is 5.54 Å². The third-order valence-corrected chi connectivity index (χ3v) is 2.08. The second-order valence-electron chi connectivity index (χ2n) is 3.34. The second-order valence-corrected chi connectivity index (χ2v) is 3.34. The fourth-order valence-corrected chi connectivity index (χ4v) is 1.40. The Balaban J connectivity index is 3.01. The van der Waals surface area contributed by atoms with Crippen molar-refractivity contribution >= 4 is 12.2 Å². The molecule has 0 bridgehead atoms. The summed E-state index contributed by atoms with van der Waals surface area (Å²) in [6, 6.07) is -0.276. The molecule has 14 heavy (non-hydrogen) atoms. The highest BCUT2D eigenvalue weighted by molar-refractivity contribution is 5.44. The van der Waals surface area contributed by atoms with Gasteiger partial charge in [0.1, 0.15) is 11.6 Å². The number of aliphatic imine (C=N–C) groups is 2. The number of carbonyl (C=O) groups excluding carboxylic acids is 2. The smallest absolute Gasteiger partial charge is 0.211 e. The zero-order valence-corrected chi connectivity index (χ0v) is 8.02. The summed E-state index contributed by atoms with van der Waals surface area (Å²) >= 11 is 0. The van der Waals surface area contributed by atoms with Crippen LogP contribution in [0.25, 0.3) is 0 Å². The van der Waals surface area contributed by atoms with E-state index in [1.807, 2.05) is 6.92 Å². The molecule has 72 valence electrons. The average molecular weight is 190 g/mol. The van der Waals surface area contributed by atoms with Gasteiger partial charge in [-0.15, -0.1) is 0 Å². The van der Waals surface area contributed by atoms with Gasteiger partial charge < -0.3 is 0 Å². The fourth-order valence-electron chi connectivity index (χ4n) is 1.40. The Hall–Kier alpha value is -1.76. The Labute approximate surface area is 81.8 Å². The molecule has 0 N–H and O–H groups in total. The highest BCUT2D eigenvalue weighted by atomic mass is 16.1. The first-order valence-electron chi connectivity index (χ1n) is 4.16. The zero-order valence-electron chi connectivity index (χ0n) is 8.02. The van der Waals surface area contributed by atoms with E-state index in [0.717, 1.165) is 5.57 Å². The van der Waals surface area contributed by atoms with Gasteiger partial charge in [-0.25, -0.2) is 9.59 Å². The Bertz CT molecular complexity index is 385. The molecule has 0 radical (unpaired) electrons. The highest BCUT2D eigenvalue weighted by Crippen LogP contribution is 2.24. The summed E-state index contributed by atoms with van der Waals surface area (Å²) in [6.07, 6.45) is 8.24. The predicted octanol–water partition coefficient (Wildman–Crippen LogP) is 1.30. The van der Waals surface area contributed by atoms with E-state index in [2.05, 4.69) is 9.98 Å². The molecule has 0 heterocycles. The first-order chi connectivity index (χ1) is 6.61. The van der Waals surface area contributed by atoms with Crippen molar-refractivity contribution in [2.45, 2.75) is 25.4 Å². The molecule has 1 aliphatic carbocycles. The molecule has 0 spiro atoms. The van der Waals surface area contributed by atoms with Crippen molar-refractivity contribution in [3.8, 4) is 0 Å². The first kappa shape index (κ1) is 10.3. The molecule has 0 saturated carbocycles. The maximum Gasteiger partial charge on any atom is 0.236 e. The van der Waals surface area contributed by atoms with Crippen molar-refractivity contribution in [1.29, 1.82) is 0 Å². The Morgan fingerprint density at radius 1 is 1.43 bits per heavy atom. The van der Waals surface area contributed by atoms with Crippen LogP contribution < -0.4 is 0 Å². The number of rotatable bonds is 2. The molecular weight excluding hydrogens is 180 g/mol. The number of hydrogen-bond acceptors (Lipinski definition) is 4. The van der Waals surface area contributed by atoms with Gasteiger partial charge in [0.15, 0.2) is 0 Å². The highest BCUT2D eigenvalue weighted by Gasteiger charge is 2.23. The molecule has 1 aliphatic rings. The average Bonchev–Trinajstić information content (AvgIpc) is 2.10. The zero-order chi connectivity index (χ0) is 10.6. The molecule has 0 amide bonds. The summed E-state index contributed by atoms with van der Waals surface area (Å²) < 4.78 is 0. The van der Waals surface area contributed by atoms with Crippen LogP contribution in [-0.2, 0) is 9.59 Å². The van der Waals surface area contributed by atoms with Gasteiger partial charge >= 0.3 is 0 Å². The summed E-state index contributed by atoms with van der Waals surface area (Å²) in [5.74, 6) is 0. The summed E-state index contributed by atoms with van der Waals surface area (Å²) in [4.78, 5) is 27.5. The summed E-state index contributed by atoms with van der Waals surface area (Å²) in [5, 5.41) is 0. The third kappa shape index (κ3) is 2.13. The van der Waals surface area contributed by atoms with E-state index in [1.54, 1.807) is 25.2 Å². The molecule has 0 aromatic heterocycles. The van der Waals surface area contributed by atoms with Gasteiger partial charge in [-0.3, -0.25) is 0 Å². The van der Waals surface area contributed by atoms with Crippen molar-refractivity contribution in [2.75, 3.05) is 0 Å². The first-order valence-corrected chi connectivity index (χ1v) is 4.16. The number of nitrogens with zero attached hydrogens (tertiary/aromatic N) is 2. The molecule has 0 aromatic carbocycles. The minimum Gasteiger partial charge on any atom is -0.211 e. The SMILES string of the molecule is CC1=CC(C)(N=C=O)C=CC1N=C=O. The van der Waals surface area contributed by atoms with Gasteiger partial charge in [0.25, 0.3) is 0 Å². The Kier molecular flexibility index (Phi) is 2.92. The molecular formula is C10H10N2O2. The van der Waals surface area contributed by atoms with Gasteiger partial charge in [0, 0.05) is 0 Å². The van der Waals surface area contributed by atoms with Crippen molar-refractivity contribution < 1.29 is 9.59 Å². The predicted molar refractivity (Wildman–Crippen MR) is 51.3 cm³/mol. The molecule has 4 heteroatoms. The van der Waals surface area contributed by atoms with Gasteiger partial charge in [0.05, 0.1) is 0 Å². The second kappa shape index (κ2) is 3.97. The van der Waals surface area contributed by atoms with Crippen LogP contribution in [0.2, 0.25) is 0 Å². The van der Waals surface area contributed by atoms with E-state index in [1.165, 1.54) is 12.2 Å². The maximum atomic E-state index is 10.2. The normalized spacial score (nSPS) is 29.9. The quantitative estimate of drug-likeness (QED) is 0.374. The van der Waals surface area contributed by atoms with Crippen LogP contribution in [0.3, 0.4) is 0 Å². The summed E-state index contributed by atoms with van der Waals surface area (Å²) in [7, 11) is 0. The van der Waals surface area contributed by atoms with E-state index in [0.29, 0.717) is 0 Å². The number of isocyanates is 2. The fraction of sp³-hybridized carbons (Fsp3) is 0.400. The van der Waals surface area contributed by atoms with Gasteiger partial charge in [-0.1, -0.05) is 18.2 Å². The van der Waals surface area contributed by atoms with E-state index in [4.69, 9.17) is 0 Å². The van der Waals surface area contributed by atoms with E-state index in [9.17, 15) is 9.59 Å². The largest absolute Gasteiger partial charge is 0.236 e. The van der Waals surface area contributed by atoms with Crippen LogP contribution in [-0.4, -0.2) is 23.7 Å².